The van der Waals surface area contributed by atoms with Gasteiger partial charge in [-0.3, -0.25) is 4.68 Å². The van der Waals surface area contributed by atoms with Crippen LogP contribution in [0.3, 0.4) is 0 Å². The number of aryl methyl sites for hydroxylation is 2. The monoisotopic (exact) mass is 236 g/mol. The van der Waals surface area contributed by atoms with Gasteiger partial charge in [0.1, 0.15) is 5.82 Å². The first kappa shape index (κ1) is 12.4. The largest absolute Gasteiger partial charge is 0.368 e. The SMILES string of the molecule is Cc1cc(NCC2CCC(CN)CC2)nn1C. The molecule has 0 saturated heterocycles. The lowest BCUT2D eigenvalue weighted by Gasteiger charge is -2.27. The summed E-state index contributed by atoms with van der Waals surface area (Å²) in [6.07, 6.45) is 5.20. The zero-order chi connectivity index (χ0) is 12.3. The summed E-state index contributed by atoms with van der Waals surface area (Å²) in [4.78, 5) is 0. The highest BCUT2D eigenvalue weighted by Crippen LogP contribution is 2.28. The molecule has 4 nitrogen and oxygen atoms in total. The Bertz CT molecular complexity index is 331. The van der Waals surface area contributed by atoms with Crippen LogP contribution in [0.25, 0.3) is 0 Å². The van der Waals surface area contributed by atoms with Gasteiger partial charge in [-0.15, -0.1) is 0 Å². The zero-order valence-corrected chi connectivity index (χ0v) is 10.9. The van der Waals surface area contributed by atoms with Crippen LogP contribution in [-0.2, 0) is 7.05 Å². The van der Waals surface area contributed by atoms with Crippen LogP contribution in [0.4, 0.5) is 5.82 Å². The van der Waals surface area contributed by atoms with Gasteiger partial charge in [-0.05, 0) is 51.0 Å². The van der Waals surface area contributed by atoms with E-state index in [4.69, 9.17) is 5.73 Å². The summed E-state index contributed by atoms with van der Waals surface area (Å²) < 4.78 is 1.91. The van der Waals surface area contributed by atoms with E-state index in [-0.39, 0.29) is 0 Å². The van der Waals surface area contributed by atoms with Crippen LogP contribution in [0.5, 0.6) is 0 Å². The molecular formula is C13H24N4. The Balaban J connectivity index is 1.75. The molecule has 3 N–H and O–H groups in total. The smallest absolute Gasteiger partial charge is 0.148 e. The Hall–Kier alpha value is -1.03. The third-order valence-corrected chi connectivity index (χ3v) is 3.99. The summed E-state index contributed by atoms with van der Waals surface area (Å²) in [5.74, 6) is 2.56. The molecule has 17 heavy (non-hydrogen) atoms. The molecule has 96 valence electrons. The maximum absolute atomic E-state index is 5.70. The molecule has 1 aromatic heterocycles. The molecule has 1 heterocycles. The molecule has 0 aliphatic heterocycles. The fourth-order valence-corrected chi connectivity index (χ4v) is 2.57. The predicted octanol–water partition coefficient (Wildman–Crippen LogP) is 1.91. The van der Waals surface area contributed by atoms with E-state index in [0.29, 0.717) is 0 Å². The van der Waals surface area contributed by atoms with Crippen molar-refractivity contribution in [3.05, 3.63) is 11.8 Å². The molecule has 0 aromatic carbocycles. The van der Waals surface area contributed by atoms with Gasteiger partial charge in [-0.1, -0.05) is 0 Å². The minimum atomic E-state index is 0.767. The Kier molecular flexibility index (Phi) is 4.05. The molecule has 0 radical (unpaired) electrons. The summed E-state index contributed by atoms with van der Waals surface area (Å²) >= 11 is 0. The Morgan fingerprint density at radius 2 is 2.00 bits per heavy atom. The van der Waals surface area contributed by atoms with Crippen molar-refractivity contribution in [2.75, 3.05) is 18.4 Å². The van der Waals surface area contributed by atoms with Crippen LogP contribution in [0.15, 0.2) is 6.07 Å². The second-order valence-electron chi connectivity index (χ2n) is 5.30. The number of nitrogens with two attached hydrogens (primary N) is 1. The molecule has 1 saturated carbocycles. The highest BCUT2D eigenvalue weighted by atomic mass is 15.3. The number of aromatic nitrogens is 2. The normalized spacial score (nSPS) is 24.9. The van der Waals surface area contributed by atoms with E-state index in [0.717, 1.165) is 30.7 Å². The van der Waals surface area contributed by atoms with Crippen molar-refractivity contribution in [1.82, 2.24) is 9.78 Å². The van der Waals surface area contributed by atoms with E-state index in [1.807, 2.05) is 11.7 Å². The fraction of sp³-hybridized carbons (Fsp3) is 0.769. The molecule has 1 aromatic rings. The number of hydrogen-bond donors (Lipinski definition) is 2. The van der Waals surface area contributed by atoms with Gasteiger partial charge in [0.2, 0.25) is 0 Å². The summed E-state index contributed by atoms with van der Waals surface area (Å²) in [5.41, 5.74) is 6.90. The first-order valence-corrected chi connectivity index (χ1v) is 6.63. The molecule has 4 heteroatoms. The highest BCUT2D eigenvalue weighted by molar-refractivity contribution is 5.35. The molecular weight excluding hydrogens is 212 g/mol. The number of nitrogens with one attached hydrogen (secondary N) is 1. The van der Waals surface area contributed by atoms with Crippen LogP contribution in [0, 0.1) is 18.8 Å². The molecule has 2 rings (SSSR count). The lowest BCUT2D eigenvalue weighted by Crippen LogP contribution is -2.25. The lowest BCUT2D eigenvalue weighted by atomic mass is 9.82. The average molecular weight is 236 g/mol. The van der Waals surface area contributed by atoms with Crippen molar-refractivity contribution in [2.24, 2.45) is 24.6 Å². The van der Waals surface area contributed by atoms with Crippen molar-refractivity contribution >= 4 is 5.82 Å². The first-order valence-electron chi connectivity index (χ1n) is 6.63. The number of nitrogens with zero attached hydrogens (tertiary/aromatic N) is 2. The first-order chi connectivity index (χ1) is 8.19. The van der Waals surface area contributed by atoms with Crippen LogP contribution >= 0.6 is 0 Å². The second kappa shape index (κ2) is 5.54. The van der Waals surface area contributed by atoms with Crippen molar-refractivity contribution < 1.29 is 0 Å². The predicted molar refractivity (Wildman–Crippen MR) is 70.9 cm³/mol. The van der Waals surface area contributed by atoms with Gasteiger partial charge < -0.3 is 11.1 Å². The summed E-state index contributed by atoms with van der Waals surface area (Å²) in [6.45, 7) is 3.98. The Morgan fingerprint density at radius 1 is 1.35 bits per heavy atom. The van der Waals surface area contributed by atoms with Gasteiger partial charge >= 0.3 is 0 Å². The third-order valence-electron chi connectivity index (χ3n) is 3.99. The zero-order valence-electron chi connectivity index (χ0n) is 10.9. The van der Waals surface area contributed by atoms with Gasteiger partial charge in [0.25, 0.3) is 0 Å². The molecule has 0 atom stereocenters. The minimum Gasteiger partial charge on any atom is -0.368 e. The average Bonchev–Trinajstić information content (AvgIpc) is 2.67. The lowest BCUT2D eigenvalue weighted by molar-refractivity contribution is 0.289. The maximum Gasteiger partial charge on any atom is 0.148 e. The van der Waals surface area contributed by atoms with E-state index in [1.165, 1.54) is 31.4 Å². The summed E-state index contributed by atoms with van der Waals surface area (Å²) in [7, 11) is 1.98. The topological polar surface area (TPSA) is 55.9 Å². The second-order valence-corrected chi connectivity index (χ2v) is 5.30. The van der Waals surface area contributed by atoms with Crippen molar-refractivity contribution in [1.29, 1.82) is 0 Å². The molecule has 1 fully saturated rings. The maximum atomic E-state index is 5.70. The molecule has 0 bridgehead atoms. The summed E-state index contributed by atoms with van der Waals surface area (Å²) in [5, 5.41) is 7.86. The van der Waals surface area contributed by atoms with E-state index in [1.54, 1.807) is 0 Å². The van der Waals surface area contributed by atoms with Crippen LogP contribution in [0.2, 0.25) is 0 Å². The number of anilines is 1. The van der Waals surface area contributed by atoms with Gasteiger partial charge in [-0.2, -0.15) is 5.10 Å². The van der Waals surface area contributed by atoms with Crippen molar-refractivity contribution in [3.63, 3.8) is 0 Å². The molecule has 0 unspecified atom stereocenters. The van der Waals surface area contributed by atoms with E-state index < -0.39 is 0 Å². The Morgan fingerprint density at radius 3 is 2.53 bits per heavy atom. The number of rotatable bonds is 4. The van der Waals surface area contributed by atoms with Crippen molar-refractivity contribution in [2.45, 2.75) is 32.6 Å². The van der Waals surface area contributed by atoms with Gasteiger partial charge in [0.05, 0.1) is 0 Å². The van der Waals surface area contributed by atoms with E-state index in [9.17, 15) is 0 Å². The standard InChI is InChI=1S/C13H24N4/c1-10-7-13(16-17(10)2)15-9-12-5-3-11(8-14)4-6-12/h7,11-12H,3-6,8-9,14H2,1-2H3,(H,15,16). The van der Waals surface area contributed by atoms with Crippen LogP contribution in [-0.4, -0.2) is 22.9 Å². The van der Waals surface area contributed by atoms with Gasteiger partial charge in [0, 0.05) is 25.4 Å². The molecule has 1 aliphatic rings. The third kappa shape index (κ3) is 3.22. The quantitative estimate of drug-likeness (QED) is 0.839. The van der Waals surface area contributed by atoms with E-state index in [2.05, 4.69) is 23.4 Å². The van der Waals surface area contributed by atoms with Crippen LogP contribution in [0.1, 0.15) is 31.4 Å². The fourth-order valence-electron chi connectivity index (χ4n) is 2.57. The van der Waals surface area contributed by atoms with Crippen LogP contribution < -0.4 is 11.1 Å². The number of hydrogen-bond acceptors (Lipinski definition) is 3. The molecule has 0 amide bonds. The Labute approximate surface area is 104 Å². The van der Waals surface area contributed by atoms with Gasteiger partial charge in [0.15, 0.2) is 0 Å². The molecule has 0 spiro atoms. The molecule has 1 aliphatic carbocycles. The van der Waals surface area contributed by atoms with Crippen molar-refractivity contribution in [3.8, 4) is 0 Å². The van der Waals surface area contributed by atoms with Gasteiger partial charge in [-0.25, -0.2) is 0 Å². The highest BCUT2D eigenvalue weighted by Gasteiger charge is 2.20. The van der Waals surface area contributed by atoms with E-state index >= 15 is 0 Å². The minimum absolute atomic E-state index is 0.767. The summed E-state index contributed by atoms with van der Waals surface area (Å²) in [6, 6.07) is 2.10.